The van der Waals surface area contributed by atoms with Crippen LogP contribution in [0.2, 0.25) is 0 Å². The summed E-state index contributed by atoms with van der Waals surface area (Å²) < 4.78 is 61.1. The second kappa shape index (κ2) is 76.6. The number of hydrogen-bond acceptors (Lipinski definition) is 14. The van der Waals surface area contributed by atoms with Crippen LogP contribution in [0.5, 0.6) is 0 Å². The molecule has 5 atom stereocenters. The smallest absolute Gasteiger partial charge is 0.463 e. The Morgan fingerprint density at radius 3 is 0.845 bits per heavy atom. The number of phosphoric acid groups is 2. The molecule has 0 spiro atoms. The van der Waals surface area contributed by atoms with Gasteiger partial charge in [-0.2, -0.15) is 0 Å². The Morgan fingerprint density at radius 1 is 0.282 bits per heavy atom. The zero-order valence-electron chi connectivity index (χ0n) is 63.9. The molecule has 5 unspecified atom stereocenters. The normalized spacial score (nSPS) is 14.9. The quantitative estimate of drug-likeness (QED) is 0.0146. The van der Waals surface area contributed by atoms with Crippen LogP contribution in [-0.2, 0) is 55.8 Å². The Labute approximate surface area is 624 Å². The van der Waals surface area contributed by atoms with Crippen molar-refractivity contribution in [1.29, 1.82) is 0 Å². The van der Waals surface area contributed by atoms with Gasteiger partial charge in [0.1, 0.15) is 25.4 Å². The summed E-state index contributed by atoms with van der Waals surface area (Å²) in [6, 6.07) is 0. The van der Waals surface area contributed by atoms with Gasteiger partial charge in [-0.1, -0.05) is 294 Å². The van der Waals surface area contributed by atoms with Crippen LogP contribution in [0, 0.1) is 0 Å². The average molecular weight is 1480 g/mol. The highest BCUT2D eigenvalue weighted by atomic mass is 31.2. The maximum Gasteiger partial charge on any atom is 0.472 e. The molecule has 0 aliphatic rings. The lowest BCUT2D eigenvalue weighted by Gasteiger charge is -2.21. The minimum Gasteiger partial charge on any atom is -0.463 e. The number of aliphatic hydroxyl groups is 2. The average Bonchev–Trinajstić information content (AvgIpc) is 0.929. The standard InChI is InChI=1S/C85H140O16P2/c1-4-7-10-13-16-19-22-25-28-31-33-35-37-38-39-40-42-44-45-48-50-53-56-59-62-65-68-71-83(88)95-74-80(86)75-97-102(91,92)98-76-81(87)77-99-103(93,94)100-79-82(101-85(90)73-70-67-64-61-58-55-52-47-30-27-24-21-18-15-12-9-6-3)78-96-84(89)72-69-66-63-60-57-54-51-49-46-43-41-36-34-32-29-26-23-20-17-14-11-8-5-2/h7,9-10,12,16-21,25-30,33-36,38-39,43,46,52,55,61,64,80-82,86-87H,4-6,8,11,13-15,22-24,31-32,37,40-42,44-45,47-51,53-54,56-60,62-63,65-79H2,1-3H3,(H,91,92)(H,93,94)/b10-7-,12-9-,19-16-,20-17-,21-18-,28-25-,29-26-,30-27-,35-33-,36-34-,39-38-,46-43-,55-52-,64-61-. The van der Waals surface area contributed by atoms with Gasteiger partial charge >= 0.3 is 33.6 Å². The van der Waals surface area contributed by atoms with Crippen LogP contribution < -0.4 is 0 Å². The fourth-order valence-corrected chi connectivity index (χ4v) is 11.6. The Balaban J connectivity index is 4.66. The van der Waals surface area contributed by atoms with E-state index in [0.717, 1.165) is 161 Å². The van der Waals surface area contributed by atoms with E-state index in [4.69, 9.17) is 32.3 Å². The third kappa shape index (κ3) is 77.8. The first-order valence-electron chi connectivity index (χ1n) is 39.4. The van der Waals surface area contributed by atoms with E-state index in [9.17, 15) is 43.5 Å². The molecule has 0 saturated heterocycles. The molecule has 586 valence electrons. The highest BCUT2D eigenvalue weighted by molar-refractivity contribution is 7.47. The molecule has 16 nitrogen and oxygen atoms in total. The van der Waals surface area contributed by atoms with Crippen LogP contribution in [0.15, 0.2) is 170 Å². The van der Waals surface area contributed by atoms with Crippen molar-refractivity contribution >= 4 is 33.6 Å². The van der Waals surface area contributed by atoms with E-state index in [-0.39, 0.29) is 19.3 Å². The first-order chi connectivity index (χ1) is 50.2. The van der Waals surface area contributed by atoms with Gasteiger partial charge in [0.15, 0.2) is 6.10 Å². The summed E-state index contributed by atoms with van der Waals surface area (Å²) in [5.41, 5.74) is 0. The number of allylic oxidation sites excluding steroid dienone is 28. The van der Waals surface area contributed by atoms with E-state index in [1.807, 2.05) is 12.2 Å². The van der Waals surface area contributed by atoms with Crippen molar-refractivity contribution in [3.8, 4) is 0 Å². The number of unbranched alkanes of at least 4 members (excludes halogenated alkanes) is 22. The molecule has 18 heteroatoms. The molecule has 0 saturated carbocycles. The van der Waals surface area contributed by atoms with E-state index >= 15 is 0 Å². The van der Waals surface area contributed by atoms with Gasteiger partial charge in [-0.3, -0.25) is 32.5 Å². The van der Waals surface area contributed by atoms with Crippen molar-refractivity contribution in [2.45, 2.75) is 309 Å². The van der Waals surface area contributed by atoms with Crippen molar-refractivity contribution in [3.05, 3.63) is 170 Å². The third-order valence-corrected chi connectivity index (χ3v) is 17.8. The second-order valence-corrected chi connectivity index (χ2v) is 28.7. The Morgan fingerprint density at radius 2 is 0.524 bits per heavy atom. The first-order valence-corrected chi connectivity index (χ1v) is 42.4. The van der Waals surface area contributed by atoms with E-state index in [0.29, 0.717) is 25.7 Å². The van der Waals surface area contributed by atoms with Crippen LogP contribution in [0.4, 0.5) is 0 Å². The first kappa shape index (κ1) is 97.9. The number of hydrogen-bond donors (Lipinski definition) is 4. The summed E-state index contributed by atoms with van der Waals surface area (Å²) in [4.78, 5) is 58.7. The molecule has 0 aromatic carbocycles. The summed E-state index contributed by atoms with van der Waals surface area (Å²) in [5, 5.41) is 20.6. The molecule has 0 rings (SSSR count). The summed E-state index contributed by atoms with van der Waals surface area (Å²) in [6.07, 6.45) is 96.9. The van der Waals surface area contributed by atoms with Crippen molar-refractivity contribution < 1.29 is 75.8 Å². The molecule has 103 heavy (non-hydrogen) atoms. The number of carbonyl (C=O) groups excluding carboxylic acids is 3. The molecule has 0 radical (unpaired) electrons. The molecule has 4 N–H and O–H groups in total. The van der Waals surface area contributed by atoms with E-state index in [1.54, 1.807) is 0 Å². The summed E-state index contributed by atoms with van der Waals surface area (Å²) >= 11 is 0. The fourth-order valence-electron chi connectivity index (χ4n) is 9.97. The molecule has 0 aromatic rings. The number of rotatable bonds is 73. The monoisotopic (exact) mass is 1480 g/mol. The van der Waals surface area contributed by atoms with Gasteiger partial charge in [0.05, 0.1) is 26.4 Å². The van der Waals surface area contributed by atoms with Crippen LogP contribution in [0.3, 0.4) is 0 Å². The molecule has 0 fully saturated rings. The van der Waals surface area contributed by atoms with E-state index in [1.165, 1.54) is 64.2 Å². The number of ether oxygens (including phenoxy) is 3. The van der Waals surface area contributed by atoms with Gasteiger partial charge in [-0.05, 0) is 148 Å². The molecule has 0 aliphatic carbocycles. The Bertz CT molecular complexity index is 2550. The minimum atomic E-state index is -4.96. The lowest BCUT2D eigenvalue weighted by Crippen LogP contribution is -2.30. The van der Waals surface area contributed by atoms with E-state index in [2.05, 4.69) is 179 Å². The van der Waals surface area contributed by atoms with Crippen molar-refractivity contribution in [2.75, 3.05) is 39.6 Å². The third-order valence-electron chi connectivity index (χ3n) is 15.9. The SMILES string of the molecule is CC/C=C\C/C=C\C/C=C\C/C=C\C/C=C\CCCCCCCCCCCCCC(=O)OCC(O)COP(=O)(O)OCC(O)COP(=O)(O)OCC(COC(=O)CCCCCCCCC/C=C\C/C=C\C/C=C\C/C=C\CCCCC)OC(=O)CCC/C=C\C/C=C\C/C=C\C/C=C\C/C=C\CC. The van der Waals surface area contributed by atoms with E-state index < -0.39 is 91.5 Å². The highest BCUT2D eigenvalue weighted by Gasteiger charge is 2.29. The summed E-state index contributed by atoms with van der Waals surface area (Å²) in [5.74, 6) is -1.67. The molecule has 0 bridgehead atoms. The van der Waals surface area contributed by atoms with Crippen LogP contribution >= 0.6 is 15.6 Å². The Hall–Kier alpha value is -5.09. The van der Waals surface area contributed by atoms with Crippen molar-refractivity contribution in [3.63, 3.8) is 0 Å². The highest BCUT2D eigenvalue weighted by Crippen LogP contribution is 2.45. The zero-order chi connectivity index (χ0) is 75.2. The number of carbonyl (C=O) groups is 3. The van der Waals surface area contributed by atoms with Gasteiger partial charge in [0.2, 0.25) is 0 Å². The molecule has 0 aromatic heterocycles. The maximum absolute atomic E-state index is 13.0. The largest absolute Gasteiger partial charge is 0.472 e. The van der Waals surface area contributed by atoms with Gasteiger partial charge < -0.3 is 34.2 Å². The molecular formula is C85H140O16P2. The van der Waals surface area contributed by atoms with Crippen molar-refractivity contribution in [2.24, 2.45) is 0 Å². The van der Waals surface area contributed by atoms with Gasteiger partial charge in [-0.15, -0.1) is 0 Å². The van der Waals surface area contributed by atoms with Gasteiger partial charge in [0, 0.05) is 19.3 Å². The van der Waals surface area contributed by atoms with Crippen molar-refractivity contribution in [1.82, 2.24) is 0 Å². The van der Waals surface area contributed by atoms with Gasteiger partial charge in [0.25, 0.3) is 0 Å². The summed E-state index contributed by atoms with van der Waals surface area (Å²) in [7, 11) is -9.83. The second-order valence-electron chi connectivity index (χ2n) is 25.7. The maximum atomic E-state index is 13.0. The molecule has 0 heterocycles. The molecule has 0 aliphatic heterocycles. The molecular weight excluding hydrogens is 1340 g/mol. The Kier molecular flexibility index (Phi) is 72.8. The number of aliphatic hydroxyl groups excluding tert-OH is 2. The van der Waals surface area contributed by atoms with Crippen LogP contribution in [0.25, 0.3) is 0 Å². The fraction of sp³-hybridized carbons (Fsp3) is 0.635. The van der Waals surface area contributed by atoms with Crippen LogP contribution in [0.1, 0.15) is 290 Å². The van der Waals surface area contributed by atoms with Gasteiger partial charge in [-0.25, -0.2) is 9.13 Å². The van der Waals surface area contributed by atoms with Crippen LogP contribution in [-0.4, -0.2) is 95.9 Å². The molecule has 0 amide bonds. The summed E-state index contributed by atoms with van der Waals surface area (Å²) in [6.45, 7) is 2.33. The lowest BCUT2D eigenvalue weighted by molar-refractivity contribution is -0.161. The predicted octanol–water partition coefficient (Wildman–Crippen LogP) is 23.2. The minimum absolute atomic E-state index is 0.0179. The predicted molar refractivity (Wildman–Crippen MR) is 426 cm³/mol. The lowest BCUT2D eigenvalue weighted by atomic mass is 10.0. The zero-order valence-corrected chi connectivity index (χ0v) is 65.7. The number of esters is 3. The topological polar surface area (TPSA) is 231 Å². The number of phosphoric ester groups is 2.